The number of halogens is 1. The van der Waals surface area contributed by atoms with Crippen LogP contribution in [0.25, 0.3) is 0 Å². The van der Waals surface area contributed by atoms with E-state index in [1.807, 2.05) is 17.9 Å². The summed E-state index contributed by atoms with van der Waals surface area (Å²) in [6, 6.07) is 6.44. The Bertz CT molecular complexity index is 724. The summed E-state index contributed by atoms with van der Waals surface area (Å²) in [6.45, 7) is 4.20. The Labute approximate surface area is 146 Å². The Morgan fingerprint density at radius 1 is 1.40 bits per heavy atom. The Kier molecular flexibility index (Phi) is 5.71. The number of hydrogen-bond donors (Lipinski definition) is 0. The van der Waals surface area contributed by atoms with Crippen LogP contribution in [-0.4, -0.2) is 47.1 Å². The first-order valence-electron chi connectivity index (χ1n) is 8.47. The van der Waals surface area contributed by atoms with Crippen molar-refractivity contribution in [3.8, 4) is 0 Å². The van der Waals surface area contributed by atoms with Crippen LogP contribution in [0.1, 0.15) is 16.8 Å². The normalized spacial score (nSPS) is 18.0. The predicted molar refractivity (Wildman–Crippen MR) is 91.5 cm³/mol. The van der Waals surface area contributed by atoms with Gasteiger partial charge in [-0.1, -0.05) is 6.07 Å². The molecule has 1 atom stereocenters. The summed E-state index contributed by atoms with van der Waals surface area (Å²) in [4.78, 5) is 22.7. The molecule has 1 aromatic heterocycles. The van der Waals surface area contributed by atoms with Crippen LogP contribution >= 0.6 is 0 Å². The van der Waals surface area contributed by atoms with Crippen LogP contribution in [0.4, 0.5) is 4.39 Å². The van der Waals surface area contributed by atoms with Gasteiger partial charge in [-0.25, -0.2) is 14.4 Å². The topological polar surface area (TPSA) is 55.3 Å². The molecule has 0 spiro atoms. The highest BCUT2D eigenvalue weighted by Crippen LogP contribution is 2.16. The summed E-state index contributed by atoms with van der Waals surface area (Å²) in [5.41, 5.74) is 2.62. The van der Waals surface area contributed by atoms with Crippen molar-refractivity contribution in [1.29, 1.82) is 0 Å². The van der Waals surface area contributed by atoms with Crippen molar-refractivity contribution in [2.75, 3.05) is 26.3 Å². The van der Waals surface area contributed by atoms with Crippen LogP contribution in [0.15, 0.2) is 36.8 Å². The Balaban J connectivity index is 1.64. The van der Waals surface area contributed by atoms with Crippen molar-refractivity contribution in [2.45, 2.75) is 19.8 Å². The fourth-order valence-electron chi connectivity index (χ4n) is 3.10. The molecule has 1 aromatic carbocycles. The van der Waals surface area contributed by atoms with Gasteiger partial charge >= 0.3 is 0 Å². The van der Waals surface area contributed by atoms with Crippen LogP contribution in [0.3, 0.4) is 0 Å². The molecular formula is C19H22FN3O2. The van der Waals surface area contributed by atoms with Crippen molar-refractivity contribution in [2.24, 2.45) is 5.92 Å². The fraction of sp³-hybridized carbons (Fsp3) is 0.421. The maximum absolute atomic E-state index is 13.2. The molecule has 2 aromatic rings. The van der Waals surface area contributed by atoms with E-state index in [2.05, 4.69) is 9.97 Å². The van der Waals surface area contributed by atoms with E-state index in [4.69, 9.17) is 4.74 Å². The molecule has 5 nitrogen and oxygen atoms in total. The van der Waals surface area contributed by atoms with Crippen LogP contribution in [0, 0.1) is 18.7 Å². The largest absolute Gasteiger partial charge is 0.379 e. The lowest BCUT2D eigenvalue weighted by molar-refractivity contribution is -0.130. The molecule has 0 aliphatic carbocycles. The first-order valence-corrected chi connectivity index (χ1v) is 8.47. The number of carbonyl (C=O) groups excluding carboxylic acids is 1. The molecule has 0 bridgehead atoms. The minimum atomic E-state index is -0.276. The number of ether oxygens (including phenoxy) is 1. The molecule has 132 valence electrons. The number of nitrogens with zero attached hydrogens (tertiary/aromatic N) is 3. The number of benzene rings is 1. The van der Waals surface area contributed by atoms with Gasteiger partial charge in [0, 0.05) is 30.9 Å². The molecule has 25 heavy (non-hydrogen) atoms. The van der Waals surface area contributed by atoms with E-state index in [9.17, 15) is 9.18 Å². The van der Waals surface area contributed by atoms with Gasteiger partial charge in [0.05, 0.1) is 19.6 Å². The second kappa shape index (κ2) is 8.16. The zero-order valence-electron chi connectivity index (χ0n) is 14.3. The molecule has 1 fully saturated rings. The number of carbonyl (C=O) groups is 1. The Morgan fingerprint density at radius 2 is 2.28 bits per heavy atom. The zero-order chi connectivity index (χ0) is 17.6. The van der Waals surface area contributed by atoms with Gasteiger partial charge < -0.3 is 9.64 Å². The fourth-order valence-corrected chi connectivity index (χ4v) is 3.10. The molecule has 0 N–H and O–H groups in total. The predicted octanol–water partition coefficient (Wildman–Crippen LogP) is 2.18. The molecule has 3 rings (SSSR count). The SMILES string of the molecule is Cc1cc(F)ccc1CC(=O)N1CCOC[C@H](Cc2ccncn2)C1. The van der Waals surface area contributed by atoms with Gasteiger partial charge in [-0.2, -0.15) is 0 Å². The summed E-state index contributed by atoms with van der Waals surface area (Å²) in [6.07, 6.45) is 4.29. The maximum atomic E-state index is 13.2. The van der Waals surface area contributed by atoms with Gasteiger partial charge in [0.25, 0.3) is 0 Å². The number of amides is 1. The molecule has 1 saturated heterocycles. The smallest absolute Gasteiger partial charge is 0.227 e. The highest BCUT2D eigenvalue weighted by Gasteiger charge is 2.23. The Morgan fingerprint density at radius 3 is 3.04 bits per heavy atom. The molecule has 1 aliphatic heterocycles. The molecule has 1 amide bonds. The molecule has 1 aliphatic rings. The van der Waals surface area contributed by atoms with Crippen LogP contribution < -0.4 is 0 Å². The third-order valence-electron chi connectivity index (χ3n) is 4.48. The minimum absolute atomic E-state index is 0.0490. The van der Waals surface area contributed by atoms with Crippen molar-refractivity contribution in [1.82, 2.24) is 14.9 Å². The van der Waals surface area contributed by atoms with E-state index in [1.165, 1.54) is 18.5 Å². The van der Waals surface area contributed by atoms with E-state index in [0.717, 1.165) is 23.2 Å². The van der Waals surface area contributed by atoms with Crippen molar-refractivity contribution in [3.05, 3.63) is 59.4 Å². The van der Waals surface area contributed by atoms with E-state index in [0.29, 0.717) is 26.3 Å². The van der Waals surface area contributed by atoms with Gasteiger partial charge in [0.1, 0.15) is 12.1 Å². The highest BCUT2D eigenvalue weighted by molar-refractivity contribution is 5.79. The first kappa shape index (κ1) is 17.5. The van der Waals surface area contributed by atoms with Gasteiger partial charge in [-0.15, -0.1) is 0 Å². The number of rotatable bonds is 4. The van der Waals surface area contributed by atoms with E-state index >= 15 is 0 Å². The third kappa shape index (κ3) is 4.82. The second-order valence-electron chi connectivity index (χ2n) is 6.43. The average Bonchev–Trinajstić information content (AvgIpc) is 2.84. The van der Waals surface area contributed by atoms with Crippen LogP contribution in [0.5, 0.6) is 0 Å². The van der Waals surface area contributed by atoms with Crippen molar-refractivity contribution >= 4 is 5.91 Å². The van der Waals surface area contributed by atoms with Crippen LogP contribution in [0.2, 0.25) is 0 Å². The van der Waals surface area contributed by atoms with Gasteiger partial charge in [0.15, 0.2) is 0 Å². The number of hydrogen-bond acceptors (Lipinski definition) is 4. The van der Waals surface area contributed by atoms with E-state index in [-0.39, 0.29) is 24.1 Å². The molecule has 0 unspecified atom stereocenters. The quantitative estimate of drug-likeness (QED) is 0.854. The minimum Gasteiger partial charge on any atom is -0.379 e. The lowest BCUT2D eigenvalue weighted by Crippen LogP contribution is -2.37. The molecule has 6 heteroatoms. The summed E-state index contributed by atoms with van der Waals surface area (Å²) < 4.78 is 18.9. The lowest BCUT2D eigenvalue weighted by Gasteiger charge is -2.24. The standard InChI is InChI=1S/C19H22FN3O2/c1-14-8-17(20)3-2-16(14)10-19(24)23-6-7-25-12-15(11-23)9-18-4-5-21-13-22-18/h2-5,8,13,15H,6-7,9-12H2,1H3/t15-/m1/s1. The summed E-state index contributed by atoms with van der Waals surface area (Å²) in [5, 5.41) is 0. The molecule has 0 radical (unpaired) electrons. The average molecular weight is 343 g/mol. The zero-order valence-corrected chi connectivity index (χ0v) is 14.3. The Hall–Kier alpha value is -2.34. The van der Waals surface area contributed by atoms with Gasteiger partial charge in [-0.3, -0.25) is 4.79 Å². The molecule has 0 saturated carbocycles. The van der Waals surface area contributed by atoms with Gasteiger partial charge in [-0.05, 0) is 42.7 Å². The summed E-state index contributed by atoms with van der Waals surface area (Å²) in [5.74, 6) is -0.0228. The third-order valence-corrected chi connectivity index (χ3v) is 4.48. The van der Waals surface area contributed by atoms with E-state index < -0.39 is 0 Å². The number of aromatic nitrogens is 2. The van der Waals surface area contributed by atoms with Gasteiger partial charge in [0.2, 0.25) is 5.91 Å². The molecule has 2 heterocycles. The highest BCUT2D eigenvalue weighted by atomic mass is 19.1. The summed E-state index contributed by atoms with van der Waals surface area (Å²) in [7, 11) is 0. The molecular weight excluding hydrogens is 321 g/mol. The van der Waals surface area contributed by atoms with E-state index in [1.54, 1.807) is 12.3 Å². The summed E-state index contributed by atoms with van der Waals surface area (Å²) >= 11 is 0. The lowest BCUT2D eigenvalue weighted by atomic mass is 10.0. The van der Waals surface area contributed by atoms with Crippen molar-refractivity contribution in [3.63, 3.8) is 0 Å². The first-order chi connectivity index (χ1) is 12.1. The second-order valence-corrected chi connectivity index (χ2v) is 6.43. The number of aryl methyl sites for hydroxylation is 1. The van der Waals surface area contributed by atoms with Crippen molar-refractivity contribution < 1.29 is 13.9 Å². The van der Waals surface area contributed by atoms with Crippen LogP contribution in [-0.2, 0) is 22.4 Å². The monoisotopic (exact) mass is 343 g/mol. The maximum Gasteiger partial charge on any atom is 0.227 e.